The van der Waals surface area contributed by atoms with Gasteiger partial charge in [-0.05, 0) is 18.6 Å². The van der Waals surface area contributed by atoms with Crippen molar-refractivity contribution in [2.24, 2.45) is 0 Å². The number of pyridine rings is 1. The third-order valence-electron chi connectivity index (χ3n) is 3.13. The van der Waals surface area contributed by atoms with Crippen LogP contribution < -0.4 is 4.90 Å². The van der Waals surface area contributed by atoms with Crippen molar-refractivity contribution in [2.45, 2.75) is 18.5 Å². The van der Waals surface area contributed by atoms with Gasteiger partial charge in [0.1, 0.15) is 5.69 Å². The van der Waals surface area contributed by atoms with Crippen LogP contribution in [0.5, 0.6) is 0 Å². The summed E-state index contributed by atoms with van der Waals surface area (Å²) in [6.45, 7) is 1.60. The van der Waals surface area contributed by atoms with Crippen LogP contribution in [0.1, 0.15) is 16.9 Å². The first-order valence-electron chi connectivity index (χ1n) is 5.16. The quantitative estimate of drug-likeness (QED) is 0.670. The number of fused-ring (bicyclic) bond motifs is 2. The van der Waals surface area contributed by atoms with Crippen molar-refractivity contribution in [3.63, 3.8) is 0 Å². The predicted octanol–water partition coefficient (Wildman–Crippen LogP) is 0.872. The van der Waals surface area contributed by atoms with Gasteiger partial charge in [0.05, 0.1) is 25.3 Å². The van der Waals surface area contributed by atoms with Crippen LogP contribution in [0.25, 0.3) is 0 Å². The maximum absolute atomic E-state index is 10.6. The molecule has 1 aromatic heterocycles. The Morgan fingerprint density at radius 3 is 2.93 bits per heavy atom. The number of carbonyl (C=O) groups is 1. The minimum absolute atomic E-state index is 0.491. The summed E-state index contributed by atoms with van der Waals surface area (Å²) in [6, 6.07) is 4.78. The number of hydrogen-bond donors (Lipinski definition) is 0. The highest BCUT2D eigenvalue weighted by Gasteiger charge is 2.42. The standard InChI is InChI=1S/C11H12N2O2/c14-5-8-3-9(1-2-12-8)13-10-4-11(13)7-15-6-10/h1-3,5,10-11H,4,6-7H2. The zero-order valence-electron chi connectivity index (χ0n) is 8.30. The van der Waals surface area contributed by atoms with Crippen LogP contribution >= 0.6 is 0 Å². The highest BCUT2D eigenvalue weighted by Crippen LogP contribution is 2.35. The summed E-state index contributed by atoms with van der Waals surface area (Å²) in [5.74, 6) is 0. The van der Waals surface area contributed by atoms with Crippen molar-refractivity contribution in [3.8, 4) is 0 Å². The van der Waals surface area contributed by atoms with E-state index in [1.165, 1.54) is 6.42 Å². The molecule has 2 saturated heterocycles. The van der Waals surface area contributed by atoms with Crippen LogP contribution in [0, 0.1) is 0 Å². The van der Waals surface area contributed by atoms with Gasteiger partial charge in [-0.25, -0.2) is 0 Å². The fraction of sp³-hybridized carbons (Fsp3) is 0.455. The normalized spacial score (nSPS) is 28.4. The molecule has 0 N–H and O–H groups in total. The molecular weight excluding hydrogens is 192 g/mol. The first-order chi connectivity index (χ1) is 7.38. The third kappa shape index (κ3) is 1.33. The lowest BCUT2D eigenvalue weighted by molar-refractivity contribution is 0.0103. The van der Waals surface area contributed by atoms with E-state index in [1.54, 1.807) is 6.20 Å². The Labute approximate surface area is 87.9 Å². The number of anilines is 1. The molecule has 4 nitrogen and oxygen atoms in total. The summed E-state index contributed by atoms with van der Waals surface area (Å²) in [7, 11) is 0. The Morgan fingerprint density at radius 2 is 2.27 bits per heavy atom. The second-order valence-electron chi connectivity index (χ2n) is 4.04. The molecule has 2 unspecified atom stereocenters. The molecule has 15 heavy (non-hydrogen) atoms. The zero-order chi connectivity index (χ0) is 10.3. The molecule has 1 aromatic rings. The lowest BCUT2D eigenvalue weighted by Gasteiger charge is -2.53. The maximum atomic E-state index is 10.6. The van der Waals surface area contributed by atoms with E-state index in [9.17, 15) is 4.79 Å². The molecule has 0 amide bonds. The Balaban J connectivity index is 1.89. The second kappa shape index (κ2) is 3.31. The minimum atomic E-state index is 0.491. The maximum Gasteiger partial charge on any atom is 0.168 e. The monoisotopic (exact) mass is 204 g/mol. The minimum Gasteiger partial charge on any atom is -0.377 e. The van der Waals surface area contributed by atoms with Crippen LogP contribution in [0.15, 0.2) is 18.3 Å². The van der Waals surface area contributed by atoms with Gasteiger partial charge < -0.3 is 9.64 Å². The number of aldehydes is 1. The molecule has 2 atom stereocenters. The summed E-state index contributed by atoms with van der Waals surface area (Å²) < 4.78 is 5.41. The number of hydrogen-bond acceptors (Lipinski definition) is 4. The van der Waals surface area contributed by atoms with Crippen molar-refractivity contribution < 1.29 is 9.53 Å². The van der Waals surface area contributed by atoms with Crippen molar-refractivity contribution in [3.05, 3.63) is 24.0 Å². The number of nitrogens with zero attached hydrogens (tertiary/aromatic N) is 2. The van der Waals surface area contributed by atoms with Gasteiger partial charge in [0, 0.05) is 11.9 Å². The third-order valence-corrected chi connectivity index (χ3v) is 3.13. The smallest absolute Gasteiger partial charge is 0.168 e. The summed E-state index contributed by atoms with van der Waals surface area (Å²) >= 11 is 0. The summed E-state index contributed by atoms with van der Waals surface area (Å²) in [6.07, 6.45) is 3.68. The van der Waals surface area contributed by atoms with Crippen LogP contribution in [-0.2, 0) is 4.74 Å². The van der Waals surface area contributed by atoms with Crippen molar-refractivity contribution in [2.75, 3.05) is 18.1 Å². The second-order valence-corrected chi connectivity index (χ2v) is 4.04. The molecule has 2 bridgehead atoms. The van der Waals surface area contributed by atoms with Crippen LogP contribution in [0.2, 0.25) is 0 Å². The molecule has 0 spiro atoms. The molecule has 3 rings (SSSR count). The SMILES string of the molecule is O=Cc1cc(N2C3COCC2C3)ccn1. The van der Waals surface area contributed by atoms with Crippen LogP contribution in [-0.4, -0.2) is 36.6 Å². The van der Waals surface area contributed by atoms with E-state index in [1.807, 2.05) is 12.1 Å². The topological polar surface area (TPSA) is 42.4 Å². The average Bonchev–Trinajstić information content (AvgIpc) is 2.30. The molecule has 2 aliphatic heterocycles. The molecule has 78 valence electrons. The van der Waals surface area contributed by atoms with Crippen molar-refractivity contribution >= 4 is 12.0 Å². The van der Waals surface area contributed by atoms with Gasteiger partial charge in [0.2, 0.25) is 0 Å². The Morgan fingerprint density at radius 1 is 1.47 bits per heavy atom. The summed E-state index contributed by atoms with van der Waals surface area (Å²) in [5.41, 5.74) is 1.59. The molecule has 0 saturated carbocycles. The van der Waals surface area contributed by atoms with Gasteiger partial charge in [-0.2, -0.15) is 0 Å². The number of rotatable bonds is 2. The van der Waals surface area contributed by atoms with Gasteiger partial charge in [-0.15, -0.1) is 0 Å². The Hall–Kier alpha value is -1.42. The molecule has 2 aliphatic rings. The fourth-order valence-electron chi connectivity index (χ4n) is 2.42. The van der Waals surface area contributed by atoms with E-state index >= 15 is 0 Å². The molecular formula is C11H12N2O2. The fourth-order valence-corrected chi connectivity index (χ4v) is 2.42. The van der Waals surface area contributed by atoms with E-state index in [0.717, 1.165) is 25.2 Å². The number of aromatic nitrogens is 1. The summed E-state index contributed by atoms with van der Waals surface area (Å²) in [4.78, 5) is 16.9. The van der Waals surface area contributed by atoms with Crippen LogP contribution in [0.4, 0.5) is 5.69 Å². The largest absolute Gasteiger partial charge is 0.377 e. The number of carbonyl (C=O) groups excluding carboxylic acids is 1. The highest BCUT2D eigenvalue weighted by molar-refractivity contribution is 5.74. The van der Waals surface area contributed by atoms with Gasteiger partial charge in [0.15, 0.2) is 6.29 Å². The lowest BCUT2D eigenvalue weighted by Crippen LogP contribution is -2.64. The van der Waals surface area contributed by atoms with E-state index in [0.29, 0.717) is 17.8 Å². The van der Waals surface area contributed by atoms with Crippen molar-refractivity contribution in [1.82, 2.24) is 4.98 Å². The van der Waals surface area contributed by atoms with E-state index in [2.05, 4.69) is 9.88 Å². The summed E-state index contributed by atoms with van der Waals surface area (Å²) in [5, 5.41) is 0. The Kier molecular flexibility index (Phi) is 1.95. The van der Waals surface area contributed by atoms with E-state index in [4.69, 9.17) is 4.74 Å². The molecule has 0 aliphatic carbocycles. The van der Waals surface area contributed by atoms with E-state index in [-0.39, 0.29) is 0 Å². The predicted molar refractivity (Wildman–Crippen MR) is 55.1 cm³/mol. The zero-order valence-corrected chi connectivity index (χ0v) is 8.30. The van der Waals surface area contributed by atoms with Crippen molar-refractivity contribution in [1.29, 1.82) is 0 Å². The first-order valence-corrected chi connectivity index (χ1v) is 5.16. The van der Waals surface area contributed by atoms with E-state index < -0.39 is 0 Å². The molecule has 2 fully saturated rings. The Bertz CT molecular complexity index is 380. The molecule has 0 aromatic carbocycles. The van der Waals surface area contributed by atoms with Crippen LogP contribution in [0.3, 0.4) is 0 Å². The molecule has 0 radical (unpaired) electrons. The number of ether oxygens (including phenoxy) is 1. The van der Waals surface area contributed by atoms with Gasteiger partial charge in [-0.1, -0.05) is 0 Å². The highest BCUT2D eigenvalue weighted by atomic mass is 16.5. The molecule has 4 heteroatoms. The van der Waals surface area contributed by atoms with Gasteiger partial charge >= 0.3 is 0 Å². The average molecular weight is 204 g/mol. The lowest BCUT2D eigenvalue weighted by atomic mass is 9.90. The number of morpholine rings is 1. The first kappa shape index (κ1) is 8.85. The van der Waals surface area contributed by atoms with Gasteiger partial charge in [0.25, 0.3) is 0 Å². The molecule has 3 heterocycles. The van der Waals surface area contributed by atoms with Gasteiger partial charge in [-0.3, -0.25) is 9.78 Å².